The van der Waals surface area contributed by atoms with Crippen molar-refractivity contribution in [2.24, 2.45) is 0 Å². The molecule has 0 atom stereocenters. The van der Waals surface area contributed by atoms with Crippen LogP contribution < -0.4 is 0 Å². The molecule has 0 nitrogen and oxygen atoms in total. The molecule has 0 aliphatic rings. The normalized spacial score (nSPS) is 12.5. The maximum absolute atomic E-state index is 5.52. The minimum atomic E-state index is 0.728. The van der Waals surface area contributed by atoms with E-state index in [-0.39, 0.29) is 0 Å². The first-order valence-corrected chi connectivity index (χ1v) is 5.48. The van der Waals surface area contributed by atoms with E-state index in [9.17, 15) is 0 Å². The molecule has 0 bridgehead atoms. The van der Waals surface area contributed by atoms with Crippen molar-refractivity contribution in [2.45, 2.75) is 32.6 Å². The second kappa shape index (κ2) is 11.5. The molecular formula is C12H19Cl. The van der Waals surface area contributed by atoms with Gasteiger partial charge in [-0.2, -0.15) is 0 Å². The molecule has 0 saturated carbocycles. The summed E-state index contributed by atoms with van der Waals surface area (Å²) < 4.78 is 0. The lowest BCUT2D eigenvalue weighted by Crippen LogP contribution is -1.68. The molecule has 0 N–H and O–H groups in total. The molecule has 0 aromatic carbocycles. The number of alkyl halides is 1. The quantitative estimate of drug-likeness (QED) is 0.245. The van der Waals surface area contributed by atoms with Crippen molar-refractivity contribution in [1.82, 2.24) is 0 Å². The molecule has 0 aliphatic heterocycles. The Bertz CT molecular complexity index is 166. The van der Waals surface area contributed by atoms with Gasteiger partial charge in [-0.15, -0.1) is 11.6 Å². The maximum atomic E-state index is 5.52. The lowest BCUT2D eigenvalue weighted by Gasteiger charge is -1.85. The SMILES string of the molecule is CC/C=C/C=C/CC/C=C/CCCl. The molecule has 0 amide bonds. The number of hydrogen-bond donors (Lipinski definition) is 0. The van der Waals surface area contributed by atoms with Crippen molar-refractivity contribution in [2.75, 3.05) is 5.88 Å². The molecule has 1 heteroatoms. The lowest BCUT2D eigenvalue weighted by atomic mass is 10.2. The van der Waals surface area contributed by atoms with E-state index < -0.39 is 0 Å². The van der Waals surface area contributed by atoms with E-state index in [0.29, 0.717) is 0 Å². The van der Waals surface area contributed by atoms with Gasteiger partial charge in [0.25, 0.3) is 0 Å². The Labute approximate surface area is 87.0 Å². The molecule has 0 rings (SSSR count). The van der Waals surface area contributed by atoms with Crippen molar-refractivity contribution in [3.63, 3.8) is 0 Å². The molecular weight excluding hydrogens is 180 g/mol. The summed E-state index contributed by atoms with van der Waals surface area (Å²) in [5, 5.41) is 0. The molecule has 0 heterocycles. The summed E-state index contributed by atoms with van der Waals surface area (Å²) in [5.41, 5.74) is 0. The third-order valence-corrected chi connectivity index (χ3v) is 1.78. The summed E-state index contributed by atoms with van der Waals surface area (Å²) in [6.45, 7) is 2.14. The number of halogens is 1. The van der Waals surface area contributed by atoms with Crippen LogP contribution in [0.1, 0.15) is 32.6 Å². The zero-order valence-corrected chi connectivity index (χ0v) is 9.13. The molecule has 0 aromatic rings. The van der Waals surface area contributed by atoms with Gasteiger partial charge in [-0.25, -0.2) is 0 Å². The molecule has 0 aromatic heterocycles. The first-order valence-electron chi connectivity index (χ1n) is 4.94. The molecule has 74 valence electrons. The highest BCUT2D eigenvalue weighted by Crippen LogP contribution is 1.95. The lowest BCUT2D eigenvalue weighted by molar-refractivity contribution is 1.04. The molecule has 0 fully saturated rings. The van der Waals surface area contributed by atoms with Crippen molar-refractivity contribution >= 4 is 11.6 Å². The van der Waals surface area contributed by atoms with Crippen LogP contribution in [-0.4, -0.2) is 5.88 Å². The van der Waals surface area contributed by atoms with E-state index in [0.717, 1.165) is 31.6 Å². The molecule has 0 unspecified atom stereocenters. The van der Waals surface area contributed by atoms with Crippen LogP contribution in [0, 0.1) is 0 Å². The van der Waals surface area contributed by atoms with Crippen LogP contribution in [0.15, 0.2) is 36.5 Å². The highest BCUT2D eigenvalue weighted by molar-refractivity contribution is 6.17. The smallest absolute Gasteiger partial charge is 0.0257 e. The van der Waals surface area contributed by atoms with Gasteiger partial charge in [0.05, 0.1) is 0 Å². The van der Waals surface area contributed by atoms with Crippen molar-refractivity contribution in [3.05, 3.63) is 36.5 Å². The second-order valence-electron chi connectivity index (χ2n) is 2.79. The Morgan fingerprint density at radius 1 is 0.846 bits per heavy atom. The zero-order chi connectivity index (χ0) is 9.78. The van der Waals surface area contributed by atoms with Gasteiger partial charge in [0, 0.05) is 5.88 Å². The first-order chi connectivity index (χ1) is 6.41. The van der Waals surface area contributed by atoms with E-state index in [1.54, 1.807) is 0 Å². The van der Waals surface area contributed by atoms with Crippen LogP contribution in [0.25, 0.3) is 0 Å². The molecule has 0 spiro atoms. The van der Waals surface area contributed by atoms with Crippen LogP contribution >= 0.6 is 11.6 Å². The van der Waals surface area contributed by atoms with Crippen LogP contribution in [0.5, 0.6) is 0 Å². The molecule has 0 saturated heterocycles. The van der Waals surface area contributed by atoms with Crippen LogP contribution in [0.3, 0.4) is 0 Å². The number of allylic oxidation sites excluding steroid dienone is 6. The predicted molar refractivity (Wildman–Crippen MR) is 62.3 cm³/mol. The summed E-state index contributed by atoms with van der Waals surface area (Å²) in [6.07, 6.45) is 17.2. The Kier molecular flexibility index (Phi) is 11.1. The zero-order valence-electron chi connectivity index (χ0n) is 8.38. The third-order valence-electron chi connectivity index (χ3n) is 1.56. The van der Waals surface area contributed by atoms with Gasteiger partial charge in [0.1, 0.15) is 0 Å². The van der Waals surface area contributed by atoms with Gasteiger partial charge in [-0.3, -0.25) is 0 Å². The predicted octanol–water partition coefficient (Wildman–Crippen LogP) is 4.47. The number of rotatable bonds is 7. The van der Waals surface area contributed by atoms with Crippen molar-refractivity contribution < 1.29 is 0 Å². The summed E-state index contributed by atoms with van der Waals surface area (Å²) in [7, 11) is 0. The van der Waals surface area contributed by atoms with Crippen LogP contribution in [0.4, 0.5) is 0 Å². The summed E-state index contributed by atoms with van der Waals surface area (Å²) in [5.74, 6) is 0.728. The van der Waals surface area contributed by atoms with Crippen molar-refractivity contribution in [1.29, 1.82) is 0 Å². The Morgan fingerprint density at radius 2 is 1.46 bits per heavy atom. The fraction of sp³-hybridized carbons (Fsp3) is 0.500. The van der Waals surface area contributed by atoms with E-state index >= 15 is 0 Å². The number of hydrogen-bond acceptors (Lipinski definition) is 0. The van der Waals surface area contributed by atoms with Gasteiger partial charge in [-0.1, -0.05) is 43.4 Å². The monoisotopic (exact) mass is 198 g/mol. The fourth-order valence-corrected chi connectivity index (χ4v) is 1.01. The summed E-state index contributed by atoms with van der Waals surface area (Å²) in [4.78, 5) is 0. The third kappa shape index (κ3) is 11.5. The standard InChI is InChI=1S/C12H19Cl/c1-2-3-4-5-6-7-8-9-10-11-12-13/h3-6,9-10H,2,7-8,11-12H2,1H3/b4-3+,6-5+,10-9+. The average Bonchev–Trinajstić information content (AvgIpc) is 2.16. The minimum Gasteiger partial charge on any atom is -0.126 e. The largest absolute Gasteiger partial charge is 0.126 e. The van der Waals surface area contributed by atoms with Gasteiger partial charge < -0.3 is 0 Å². The fourth-order valence-electron chi connectivity index (χ4n) is 0.881. The highest BCUT2D eigenvalue weighted by atomic mass is 35.5. The van der Waals surface area contributed by atoms with E-state index in [4.69, 9.17) is 11.6 Å². The Hall–Kier alpha value is -0.490. The van der Waals surface area contributed by atoms with E-state index in [1.807, 2.05) is 0 Å². The molecule has 13 heavy (non-hydrogen) atoms. The van der Waals surface area contributed by atoms with Gasteiger partial charge in [-0.05, 0) is 25.7 Å². The first kappa shape index (κ1) is 12.5. The number of unbranched alkanes of at least 4 members (excludes halogenated alkanes) is 1. The minimum absolute atomic E-state index is 0.728. The Morgan fingerprint density at radius 3 is 2.15 bits per heavy atom. The summed E-state index contributed by atoms with van der Waals surface area (Å²) in [6, 6.07) is 0. The molecule has 0 aliphatic carbocycles. The van der Waals surface area contributed by atoms with Crippen molar-refractivity contribution in [3.8, 4) is 0 Å². The second-order valence-corrected chi connectivity index (χ2v) is 3.17. The average molecular weight is 199 g/mol. The molecule has 0 radical (unpaired) electrons. The van der Waals surface area contributed by atoms with Gasteiger partial charge >= 0.3 is 0 Å². The van der Waals surface area contributed by atoms with Crippen LogP contribution in [-0.2, 0) is 0 Å². The van der Waals surface area contributed by atoms with Crippen LogP contribution in [0.2, 0.25) is 0 Å². The van der Waals surface area contributed by atoms with E-state index in [2.05, 4.69) is 43.4 Å². The highest BCUT2D eigenvalue weighted by Gasteiger charge is 1.76. The summed E-state index contributed by atoms with van der Waals surface area (Å²) >= 11 is 5.52. The topological polar surface area (TPSA) is 0 Å². The van der Waals surface area contributed by atoms with Gasteiger partial charge in [0.2, 0.25) is 0 Å². The Balaban J connectivity index is 3.24. The van der Waals surface area contributed by atoms with E-state index in [1.165, 1.54) is 0 Å². The maximum Gasteiger partial charge on any atom is 0.0257 e. The van der Waals surface area contributed by atoms with Gasteiger partial charge in [0.15, 0.2) is 0 Å².